The van der Waals surface area contributed by atoms with E-state index in [1.165, 1.54) is 26.8 Å². The summed E-state index contributed by atoms with van der Waals surface area (Å²) in [5, 5.41) is 4.18. The lowest BCUT2D eigenvalue weighted by Crippen LogP contribution is -2.61. The van der Waals surface area contributed by atoms with Crippen LogP contribution in [0.15, 0.2) is 91.1 Å². The average molecular weight is 356 g/mol. The van der Waals surface area contributed by atoms with Crippen molar-refractivity contribution < 1.29 is 0 Å². The Balaban J connectivity index is 2.02. The smallest absolute Gasteiger partial charge is 0.221 e. The monoisotopic (exact) mass is 355 g/mol. The van der Waals surface area contributed by atoms with Gasteiger partial charge in [0, 0.05) is 5.52 Å². The van der Waals surface area contributed by atoms with Gasteiger partial charge in [-0.25, -0.2) is 0 Å². The molecule has 0 fully saturated rings. The molecule has 4 rings (SSSR count). The van der Waals surface area contributed by atoms with Crippen LogP contribution in [0.2, 0.25) is 6.55 Å². The van der Waals surface area contributed by atoms with Crippen LogP contribution < -0.4 is 10.4 Å². The van der Waals surface area contributed by atoms with Gasteiger partial charge in [-0.1, -0.05) is 86.6 Å². The van der Waals surface area contributed by atoms with Gasteiger partial charge in [0.15, 0.2) is 0 Å². The lowest BCUT2D eigenvalue weighted by Gasteiger charge is -2.31. The minimum atomic E-state index is -2.13. The number of hydrogen-bond acceptors (Lipinski definition) is 0. The van der Waals surface area contributed by atoms with Gasteiger partial charge in [0.25, 0.3) is 0 Å². The summed E-state index contributed by atoms with van der Waals surface area (Å²) in [5.74, 6) is 0.532. The highest BCUT2D eigenvalue weighted by Crippen LogP contribution is 2.25. The second kappa shape index (κ2) is 6.62. The molecule has 0 saturated heterocycles. The highest BCUT2D eigenvalue weighted by atomic mass is 28.3. The molecule has 1 aromatic heterocycles. The molecule has 0 aliphatic heterocycles. The van der Waals surface area contributed by atoms with Crippen molar-refractivity contribution in [2.45, 2.75) is 26.3 Å². The number of fused-ring (bicyclic) bond motifs is 1. The molecule has 0 saturated carbocycles. The molecule has 0 radical (unpaired) electrons. The van der Waals surface area contributed by atoms with E-state index in [9.17, 15) is 0 Å². The van der Waals surface area contributed by atoms with Crippen molar-refractivity contribution in [1.82, 2.24) is 4.23 Å². The maximum Gasteiger partial charge on any atom is 0.221 e. The normalized spacial score (nSPS) is 12.0. The first-order chi connectivity index (χ1) is 12.6. The van der Waals surface area contributed by atoms with E-state index in [-0.39, 0.29) is 0 Å². The van der Waals surface area contributed by atoms with Gasteiger partial charge >= 0.3 is 0 Å². The maximum absolute atomic E-state index is 2.57. The van der Waals surface area contributed by atoms with E-state index in [1.807, 2.05) is 0 Å². The van der Waals surface area contributed by atoms with Crippen molar-refractivity contribution in [2.24, 2.45) is 0 Å². The van der Waals surface area contributed by atoms with Gasteiger partial charge in [-0.05, 0) is 52.1 Å². The van der Waals surface area contributed by atoms with Crippen molar-refractivity contribution in [3.63, 3.8) is 0 Å². The predicted octanol–water partition coefficient (Wildman–Crippen LogP) is 5.00. The molecule has 3 aromatic carbocycles. The summed E-state index contributed by atoms with van der Waals surface area (Å²) in [4.78, 5) is 0. The Kier molecular flexibility index (Phi) is 4.29. The third kappa shape index (κ3) is 2.71. The molecule has 0 atom stereocenters. The fourth-order valence-corrected chi connectivity index (χ4v) is 7.49. The van der Waals surface area contributed by atoms with E-state index in [0.717, 1.165) is 0 Å². The summed E-state index contributed by atoms with van der Waals surface area (Å²) in [6, 6.07) is 31.2. The van der Waals surface area contributed by atoms with Gasteiger partial charge in [-0.2, -0.15) is 0 Å². The van der Waals surface area contributed by atoms with Gasteiger partial charge in [0.05, 0.1) is 0 Å². The van der Waals surface area contributed by atoms with Crippen molar-refractivity contribution in [2.75, 3.05) is 0 Å². The minimum absolute atomic E-state index is 0.532. The zero-order valence-corrected chi connectivity index (χ0v) is 16.7. The molecular formula is C24H25NSi. The summed E-state index contributed by atoms with van der Waals surface area (Å²) in [6.07, 6.45) is 2.29. The first-order valence-corrected chi connectivity index (χ1v) is 11.8. The van der Waals surface area contributed by atoms with Crippen molar-refractivity contribution >= 4 is 29.5 Å². The molecule has 0 aliphatic carbocycles. The molecule has 0 spiro atoms. The van der Waals surface area contributed by atoms with E-state index in [2.05, 4.69) is 116 Å². The van der Waals surface area contributed by atoms with Crippen LogP contribution in [0.3, 0.4) is 0 Å². The van der Waals surface area contributed by atoms with Gasteiger partial charge in [-0.15, -0.1) is 0 Å². The Bertz CT molecular complexity index is 976. The molecule has 26 heavy (non-hydrogen) atoms. The van der Waals surface area contributed by atoms with E-state index in [1.54, 1.807) is 0 Å². The highest BCUT2D eigenvalue weighted by molar-refractivity contribution is 7.00. The highest BCUT2D eigenvalue weighted by Gasteiger charge is 2.35. The van der Waals surface area contributed by atoms with Crippen LogP contribution in [0, 0.1) is 0 Å². The van der Waals surface area contributed by atoms with Gasteiger partial charge < -0.3 is 4.23 Å². The largest absolute Gasteiger partial charge is 0.366 e. The Morgan fingerprint density at radius 3 is 1.85 bits per heavy atom. The average Bonchev–Trinajstić information content (AvgIpc) is 3.12. The third-order valence-corrected chi connectivity index (χ3v) is 9.81. The number of hydrogen-bond donors (Lipinski definition) is 0. The van der Waals surface area contributed by atoms with Gasteiger partial charge in [0.1, 0.15) is 0 Å². The Hall–Kier alpha value is -2.58. The molecule has 0 amide bonds. The van der Waals surface area contributed by atoms with Crippen LogP contribution in [0.4, 0.5) is 0 Å². The molecule has 0 aliphatic rings. The molecule has 0 bridgehead atoms. The fourth-order valence-electron chi connectivity index (χ4n) is 3.86. The van der Waals surface area contributed by atoms with Crippen molar-refractivity contribution in [3.05, 3.63) is 96.7 Å². The van der Waals surface area contributed by atoms with Crippen LogP contribution in [0.1, 0.15) is 25.3 Å². The topological polar surface area (TPSA) is 4.93 Å². The molecule has 1 nitrogen and oxygen atoms in total. The van der Waals surface area contributed by atoms with Crippen molar-refractivity contribution in [3.8, 4) is 0 Å². The van der Waals surface area contributed by atoms with Gasteiger partial charge in [0.2, 0.25) is 8.24 Å². The Morgan fingerprint density at radius 1 is 0.731 bits per heavy atom. The molecule has 0 unspecified atom stereocenters. The van der Waals surface area contributed by atoms with Crippen LogP contribution in [0.5, 0.6) is 0 Å². The molecule has 1 heterocycles. The summed E-state index contributed by atoms with van der Waals surface area (Å²) in [7, 11) is -2.13. The van der Waals surface area contributed by atoms with Crippen LogP contribution in [-0.4, -0.2) is 12.5 Å². The fraction of sp³-hybridized carbons (Fsp3) is 0.167. The molecule has 0 N–H and O–H groups in total. The second-order valence-corrected chi connectivity index (χ2v) is 11.2. The first kappa shape index (κ1) is 16.9. The number of benzene rings is 3. The van der Waals surface area contributed by atoms with Gasteiger partial charge in [-0.3, -0.25) is 0 Å². The maximum atomic E-state index is 2.57. The lowest BCUT2D eigenvalue weighted by molar-refractivity contribution is 0.868. The standard InChI is InChI=1S/C24H25NSi/c1-19(2)21-15-14-20-16-17-25(24(20)18-21)26(3,22-10-6-4-7-11-22)23-12-8-5-9-13-23/h4-19H,1-3H3. The van der Waals surface area contributed by atoms with Crippen molar-refractivity contribution in [1.29, 1.82) is 0 Å². The first-order valence-electron chi connectivity index (χ1n) is 9.33. The van der Waals surface area contributed by atoms with Crippen LogP contribution >= 0.6 is 0 Å². The minimum Gasteiger partial charge on any atom is -0.366 e. The predicted molar refractivity (Wildman–Crippen MR) is 115 cm³/mol. The second-order valence-electron chi connectivity index (χ2n) is 7.46. The number of aromatic nitrogens is 1. The van der Waals surface area contributed by atoms with Crippen LogP contribution in [-0.2, 0) is 0 Å². The summed E-state index contributed by atoms with van der Waals surface area (Å²) >= 11 is 0. The molecule has 130 valence electrons. The zero-order chi connectivity index (χ0) is 18.1. The summed E-state index contributed by atoms with van der Waals surface area (Å²) in [6.45, 7) is 6.98. The molecule has 4 aromatic rings. The van der Waals surface area contributed by atoms with E-state index in [0.29, 0.717) is 5.92 Å². The third-order valence-electron chi connectivity index (χ3n) is 5.54. The van der Waals surface area contributed by atoms with Crippen LogP contribution in [0.25, 0.3) is 10.9 Å². The van der Waals surface area contributed by atoms with E-state index in [4.69, 9.17) is 0 Å². The van der Waals surface area contributed by atoms with E-state index < -0.39 is 8.24 Å². The SMILES string of the molecule is CC(C)c1ccc2ccn([Si](C)(c3ccccc3)c3ccccc3)c2c1. The lowest BCUT2D eigenvalue weighted by atomic mass is 10.0. The number of rotatable bonds is 4. The molecular weight excluding hydrogens is 330 g/mol. The molecule has 2 heteroatoms. The quantitative estimate of drug-likeness (QED) is 0.454. The Morgan fingerprint density at radius 2 is 1.31 bits per heavy atom. The zero-order valence-electron chi connectivity index (χ0n) is 15.7. The summed E-state index contributed by atoms with van der Waals surface area (Å²) < 4.78 is 2.57. The number of nitrogens with zero attached hydrogens (tertiary/aromatic N) is 1. The summed E-state index contributed by atoms with van der Waals surface area (Å²) in [5.41, 5.74) is 2.74. The van der Waals surface area contributed by atoms with E-state index >= 15 is 0 Å². The Labute approximate surface area is 157 Å².